The highest BCUT2D eigenvalue weighted by Gasteiger charge is 2.36. The first-order chi connectivity index (χ1) is 16.1. The van der Waals surface area contributed by atoms with Crippen LogP contribution in [0.15, 0.2) is 59.6 Å². The van der Waals surface area contributed by atoms with Crippen LogP contribution in [0.3, 0.4) is 0 Å². The molecule has 0 aliphatic carbocycles. The number of carbonyl (C=O) groups excluding carboxylic acids is 1. The second-order valence-corrected chi connectivity index (χ2v) is 8.57. The van der Waals surface area contributed by atoms with Crippen LogP contribution < -0.4 is 14.4 Å². The van der Waals surface area contributed by atoms with E-state index >= 15 is 0 Å². The summed E-state index contributed by atoms with van der Waals surface area (Å²) in [5.41, 5.74) is 6.52. The number of hydrogen-bond acceptors (Lipinski definition) is 4. The number of ether oxygens (including phenoxy) is 2. The Bertz CT molecular complexity index is 1230. The summed E-state index contributed by atoms with van der Waals surface area (Å²) in [7, 11) is 1.58. The van der Waals surface area contributed by atoms with Gasteiger partial charge in [0.15, 0.2) is 11.5 Å². The van der Waals surface area contributed by atoms with Gasteiger partial charge in [0.1, 0.15) is 6.61 Å². The Kier molecular flexibility index (Phi) is 5.81. The lowest BCUT2D eigenvalue weighted by atomic mass is 10.1. The molecule has 0 radical (unpaired) electrons. The number of hydrogen-bond donors (Lipinski definition) is 0. The molecule has 6 heteroatoms. The minimum atomic E-state index is -0.0941. The number of methoxy groups -OCH3 is 1. The third-order valence-corrected chi connectivity index (χ3v) is 6.51. The summed E-state index contributed by atoms with van der Waals surface area (Å²) in [5.74, 6) is 1.44. The first-order valence-corrected chi connectivity index (χ1v) is 11.6. The van der Waals surface area contributed by atoms with E-state index < -0.39 is 0 Å². The van der Waals surface area contributed by atoms with Gasteiger partial charge in [-0.25, -0.2) is 0 Å². The Morgan fingerprint density at radius 2 is 1.85 bits per heavy atom. The quantitative estimate of drug-likeness (QED) is 0.433. The lowest BCUT2D eigenvalue weighted by molar-refractivity contribution is 0.0986. The number of benzene rings is 3. The van der Waals surface area contributed by atoms with Crippen LogP contribution in [0.1, 0.15) is 39.5 Å². The molecule has 0 saturated heterocycles. The van der Waals surface area contributed by atoms with Gasteiger partial charge in [0.25, 0.3) is 5.91 Å². The molecule has 0 bridgehead atoms. The summed E-state index contributed by atoms with van der Waals surface area (Å²) >= 11 is 6.06. The number of fused-ring (bicyclic) bond motifs is 4. The molecule has 1 amide bonds. The number of halogens is 1. The lowest BCUT2D eigenvalue weighted by Gasteiger charge is -2.22. The molecule has 3 aromatic rings. The number of nitrogens with zero attached hydrogens (tertiary/aromatic N) is 2. The van der Waals surface area contributed by atoms with Crippen molar-refractivity contribution in [2.24, 2.45) is 4.99 Å². The van der Waals surface area contributed by atoms with E-state index in [0.717, 1.165) is 35.2 Å². The van der Waals surface area contributed by atoms with Gasteiger partial charge >= 0.3 is 0 Å². The molecule has 168 valence electrons. The van der Waals surface area contributed by atoms with Crippen molar-refractivity contribution < 1.29 is 14.3 Å². The zero-order chi connectivity index (χ0) is 22.9. The molecule has 0 saturated carbocycles. The second-order valence-electron chi connectivity index (χ2n) is 8.31. The van der Waals surface area contributed by atoms with Crippen molar-refractivity contribution >= 4 is 35.1 Å². The first kappa shape index (κ1) is 21.5. The normalized spacial score (nSPS) is 16.2. The van der Waals surface area contributed by atoms with Gasteiger partial charge in [0, 0.05) is 30.3 Å². The average molecular weight is 461 g/mol. The van der Waals surface area contributed by atoms with E-state index in [1.807, 2.05) is 29.3 Å². The van der Waals surface area contributed by atoms with E-state index in [2.05, 4.69) is 36.2 Å². The van der Waals surface area contributed by atoms with Crippen LogP contribution in [0.4, 0.5) is 11.4 Å². The molecule has 33 heavy (non-hydrogen) atoms. The Balaban J connectivity index is 1.46. The summed E-state index contributed by atoms with van der Waals surface area (Å²) in [6.45, 7) is 2.49. The Morgan fingerprint density at radius 1 is 1.06 bits per heavy atom. The fourth-order valence-electron chi connectivity index (χ4n) is 4.55. The highest BCUT2D eigenvalue weighted by Crippen LogP contribution is 2.41. The molecule has 0 aromatic heterocycles. The topological polar surface area (TPSA) is 51.1 Å². The molecule has 5 rings (SSSR count). The number of aliphatic imine (C=N–C) groups is 1. The zero-order valence-corrected chi connectivity index (χ0v) is 19.4. The smallest absolute Gasteiger partial charge is 0.261 e. The molecule has 2 heterocycles. The van der Waals surface area contributed by atoms with E-state index in [1.165, 1.54) is 5.56 Å². The maximum Gasteiger partial charge on any atom is 0.261 e. The number of amides is 1. The van der Waals surface area contributed by atoms with Gasteiger partial charge in [-0.1, -0.05) is 43.3 Å². The SMILES string of the molecule is CCc1cc(CCl)cc(COc2cc3c(cc2OC)C(=O)N2c4ccccc4C[C@H]2C=N3)c1. The van der Waals surface area contributed by atoms with Gasteiger partial charge in [-0.2, -0.15) is 0 Å². The van der Waals surface area contributed by atoms with Crippen LogP contribution in [0.25, 0.3) is 0 Å². The highest BCUT2D eigenvalue weighted by atomic mass is 35.5. The van der Waals surface area contributed by atoms with Crippen molar-refractivity contribution in [2.45, 2.75) is 38.3 Å². The molecule has 2 aliphatic rings. The minimum absolute atomic E-state index is 0.0790. The first-order valence-electron chi connectivity index (χ1n) is 11.1. The number of aryl methyl sites for hydroxylation is 1. The molecule has 0 fully saturated rings. The molecule has 0 unspecified atom stereocenters. The van der Waals surface area contributed by atoms with Crippen molar-refractivity contribution in [3.8, 4) is 11.5 Å². The maximum absolute atomic E-state index is 13.5. The molecule has 3 aromatic carbocycles. The molecule has 1 atom stereocenters. The molecular weight excluding hydrogens is 436 g/mol. The Hall–Kier alpha value is -3.31. The monoisotopic (exact) mass is 460 g/mol. The van der Waals surface area contributed by atoms with Crippen molar-refractivity contribution in [3.63, 3.8) is 0 Å². The number of rotatable bonds is 6. The van der Waals surface area contributed by atoms with Gasteiger partial charge in [-0.05, 0) is 40.8 Å². The maximum atomic E-state index is 13.5. The average Bonchev–Trinajstić information content (AvgIpc) is 3.17. The number of alkyl halides is 1. The third-order valence-electron chi connectivity index (χ3n) is 6.20. The molecule has 0 spiro atoms. The van der Waals surface area contributed by atoms with E-state index in [1.54, 1.807) is 19.2 Å². The van der Waals surface area contributed by atoms with Crippen LogP contribution >= 0.6 is 11.6 Å². The minimum Gasteiger partial charge on any atom is -0.493 e. The third kappa shape index (κ3) is 3.98. The van der Waals surface area contributed by atoms with Gasteiger partial charge in [0.05, 0.1) is 24.4 Å². The number of para-hydroxylation sites is 1. The van der Waals surface area contributed by atoms with Gasteiger partial charge < -0.3 is 9.47 Å². The molecular formula is C27H25ClN2O3. The Morgan fingerprint density at radius 3 is 2.64 bits per heavy atom. The van der Waals surface area contributed by atoms with Gasteiger partial charge in [0.2, 0.25) is 0 Å². The second kappa shape index (κ2) is 8.91. The van der Waals surface area contributed by atoms with Crippen LogP contribution in [0.2, 0.25) is 0 Å². The standard InChI is InChI=1S/C27H25ClN2O3/c1-3-17-8-18(14-28)10-19(9-17)16-33-26-13-23-22(12-25(26)32-2)27(31)30-21(15-29-23)11-20-6-4-5-7-24(20)30/h4-10,12-13,15,21H,3,11,14,16H2,1-2H3/t21-/m0/s1. The van der Waals surface area contributed by atoms with Gasteiger partial charge in [-0.15, -0.1) is 11.6 Å². The molecule has 5 nitrogen and oxygen atoms in total. The largest absolute Gasteiger partial charge is 0.493 e. The molecule has 2 aliphatic heterocycles. The highest BCUT2D eigenvalue weighted by molar-refractivity contribution is 6.17. The van der Waals surface area contributed by atoms with E-state index in [-0.39, 0.29) is 11.9 Å². The van der Waals surface area contributed by atoms with Crippen LogP contribution in [-0.4, -0.2) is 25.3 Å². The van der Waals surface area contributed by atoms with Crippen LogP contribution in [0.5, 0.6) is 11.5 Å². The van der Waals surface area contributed by atoms with E-state index in [9.17, 15) is 4.79 Å². The zero-order valence-electron chi connectivity index (χ0n) is 18.7. The van der Waals surface area contributed by atoms with Crippen molar-refractivity contribution in [2.75, 3.05) is 12.0 Å². The summed E-state index contributed by atoms with van der Waals surface area (Å²) in [6.07, 6.45) is 3.55. The summed E-state index contributed by atoms with van der Waals surface area (Å²) < 4.78 is 11.7. The predicted octanol–water partition coefficient (Wildman–Crippen LogP) is 5.86. The fraction of sp³-hybridized carbons (Fsp3) is 0.259. The summed E-state index contributed by atoms with van der Waals surface area (Å²) in [4.78, 5) is 20.0. The number of anilines is 1. The van der Waals surface area contributed by atoms with Gasteiger partial charge in [-0.3, -0.25) is 14.7 Å². The predicted molar refractivity (Wildman–Crippen MR) is 132 cm³/mol. The van der Waals surface area contributed by atoms with E-state index in [0.29, 0.717) is 35.2 Å². The Labute approximate surface area is 198 Å². The molecule has 0 N–H and O–H groups in total. The number of carbonyl (C=O) groups is 1. The van der Waals surface area contributed by atoms with Crippen molar-refractivity contribution in [1.82, 2.24) is 0 Å². The van der Waals surface area contributed by atoms with E-state index in [4.69, 9.17) is 21.1 Å². The lowest BCUT2D eigenvalue weighted by Crippen LogP contribution is -2.37. The van der Waals surface area contributed by atoms with Crippen molar-refractivity contribution in [1.29, 1.82) is 0 Å². The fourth-order valence-corrected chi connectivity index (χ4v) is 4.71. The van der Waals surface area contributed by atoms with Crippen LogP contribution in [0, 0.1) is 0 Å². The summed E-state index contributed by atoms with van der Waals surface area (Å²) in [6, 6.07) is 17.7. The summed E-state index contributed by atoms with van der Waals surface area (Å²) in [5, 5.41) is 0. The van der Waals surface area contributed by atoms with Crippen LogP contribution in [-0.2, 0) is 25.3 Å². The van der Waals surface area contributed by atoms with Crippen molar-refractivity contribution in [3.05, 3.63) is 82.4 Å².